The van der Waals surface area contributed by atoms with Gasteiger partial charge in [-0.1, -0.05) is 48.5 Å². The Morgan fingerprint density at radius 3 is 1.96 bits per heavy atom. The van der Waals surface area contributed by atoms with E-state index < -0.39 is 47.9 Å². The van der Waals surface area contributed by atoms with Gasteiger partial charge in [-0.3, -0.25) is 9.59 Å². The summed E-state index contributed by atoms with van der Waals surface area (Å²) >= 11 is 0. The van der Waals surface area contributed by atoms with Gasteiger partial charge in [-0.05, 0) is 99.4 Å². The van der Waals surface area contributed by atoms with Crippen molar-refractivity contribution in [3.05, 3.63) is 101 Å². The van der Waals surface area contributed by atoms with Crippen molar-refractivity contribution < 1.29 is 38.5 Å². The van der Waals surface area contributed by atoms with E-state index in [2.05, 4.69) is 34.3 Å². The summed E-state index contributed by atoms with van der Waals surface area (Å²) in [6.07, 6.45) is 2.48. The van der Waals surface area contributed by atoms with E-state index in [1.165, 1.54) is 32.8 Å². The van der Waals surface area contributed by atoms with E-state index in [0.29, 0.717) is 16.9 Å². The number of aliphatic hydroxyl groups excluding tert-OH is 1. The van der Waals surface area contributed by atoms with Gasteiger partial charge in [0.15, 0.2) is 5.78 Å². The average Bonchev–Trinajstić information content (AvgIpc) is 3.03. The molecule has 0 aromatic heterocycles. The number of nitrogens with two attached hydrogens (primary N) is 1. The maximum absolute atomic E-state index is 12.7. The lowest BCUT2D eigenvalue weighted by atomic mass is 9.92. The highest BCUT2D eigenvalue weighted by Gasteiger charge is 2.27. The van der Waals surface area contributed by atoms with Crippen LogP contribution < -0.4 is 15.8 Å². The number of rotatable bonds is 11. The van der Waals surface area contributed by atoms with Gasteiger partial charge in [0.2, 0.25) is 5.91 Å². The molecule has 0 saturated heterocycles. The van der Waals surface area contributed by atoms with Crippen molar-refractivity contribution in [2.24, 2.45) is 5.73 Å². The molecule has 2 atom stereocenters. The fourth-order valence-electron chi connectivity index (χ4n) is 4.78. The molecule has 2 amide bonds. The van der Waals surface area contributed by atoms with Crippen LogP contribution in [-0.4, -0.2) is 53.7 Å². The first-order valence-electron chi connectivity index (χ1n) is 15.3. The normalized spacial score (nSPS) is 13.5. The number of ether oxygens (including phenoxy) is 3. The van der Waals surface area contributed by atoms with E-state index in [1.807, 2.05) is 0 Å². The smallest absolute Gasteiger partial charge is 0.408 e. The van der Waals surface area contributed by atoms with Crippen LogP contribution in [-0.2, 0) is 44.9 Å². The number of hydrogen-bond acceptors (Lipinski definition) is 8. The zero-order valence-electron chi connectivity index (χ0n) is 26.9. The van der Waals surface area contributed by atoms with Crippen LogP contribution in [0.1, 0.15) is 72.6 Å². The van der Waals surface area contributed by atoms with Gasteiger partial charge in [0, 0.05) is 6.42 Å². The molecule has 4 N–H and O–H groups in total. The van der Waals surface area contributed by atoms with Crippen molar-refractivity contribution in [3.8, 4) is 5.75 Å². The number of ketones is 1. The van der Waals surface area contributed by atoms with Gasteiger partial charge >= 0.3 is 12.1 Å². The topological polar surface area (TPSA) is 154 Å². The lowest BCUT2D eigenvalue weighted by Crippen LogP contribution is -2.46. The number of primary amides is 1. The maximum atomic E-state index is 12.7. The lowest BCUT2D eigenvalue weighted by Gasteiger charge is -2.23. The quantitative estimate of drug-likeness (QED) is 0.253. The monoisotopic (exact) mass is 632 g/mol. The zero-order chi connectivity index (χ0) is 33.7. The van der Waals surface area contributed by atoms with E-state index in [9.17, 15) is 24.3 Å². The zero-order valence-corrected chi connectivity index (χ0v) is 26.9. The Labute approximate surface area is 270 Å². The molecule has 0 spiro atoms. The summed E-state index contributed by atoms with van der Waals surface area (Å²) < 4.78 is 15.7. The number of amides is 2. The second-order valence-electron chi connectivity index (χ2n) is 12.1. The Kier molecular flexibility index (Phi) is 13.3. The minimum atomic E-state index is -1.65. The van der Waals surface area contributed by atoms with Crippen LogP contribution in [0.3, 0.4) is 0 Å². The van der Waals surface area contributed by atoms with E-state index in [0.717, 1.165) is 5.56 Å². The van der Waals surface area contributed by atoms with Crippen LogP contribution in [0.5, 0.6) is 5.75 Å². The standard InChI is InChI=1S/C26H32N2O8.C10H12/c1-26(2,3)36-25(33)28-20(21(29)14-22(30)23(27)31)13-16-7-11-19(12-8-16)35-15-17-5-9-18(10-6-17)24(32)34-4;1-2-6-10-8-4-3-7-9(10)5-1/h5-12,20,22,30H,13-15H2,1-4H3,(H2,27,31)(H,28,33);1-2,5-6H,3-4,7-8H2. The Balaban J connectivity index is 0.000000481. The summed E-state index contributed by atoms with van der Waals surface area (Å²) in [4.78, 5) is 47.6. The summed E-state index contributed by atoms with van der Waals surface area (Å²) in [5.41, 5.74) is 9.43. The third-order valence-corrected chi connectivity index (χ3v) is 7.21. The molecule has 46 heavy (non-hydrogen) atoms. The molecular weight excluding hydrogens is 588 g/mol. The van der Waals surface area contributed by atoms with Crippen LogP contribution in [0, 0.1) is 0 Å². The van der Waals surface area contributed by atoms with Gasteiger partial charge in [0.25, 0.3) is 0 Å². The van der Waals surface area contributed by atoms with Gasteiger partial charge in [-0.2, -0.15) is 0 Å². The number of alkyl carbamates (subject to hydrolysis) is 1. The van der Waals surface area contributed by atoms with Crippen LogP contribution in [0.25, 0.3) is 0 Å². The van der Waals surface area contributed by atoms with E-state index in [1.54, 1.807) is 80.4 Å². The number of Topliss-reactive ketones (excluding diaryl/α,β-unsaturated/α-hetero) is 1. The fraction of sp³-hybridized carbons (Fsp3) is 0.389. The molecule has 10 nitrogen and oxygen atoms in total. The molecule has 4 rings (SSSR count). The highest BCUT2D eigenvalue weighted by molar-refractivity contribution is 5.92. The van der Waals surface area contributed by atoms with Crippen molar-refractivity contribution in [1.82, 2.24) is 5.32 Å². The molecule has 3 aromatic carbocycles. The lowest BCUT2D eigenvalue weighted by molar-refractivity contribution is -0.132. The first kappa shape index (κ1) is 35.8. The molecular formula is C36H44N2O8. The van der Waals surface area contributed by atoms with E-state index in [-0.39, 0.29) is 13.0 Å². The second-order valence-corrected chi connectivity index (χ2v) is 12.1. The molecule has 2 unspecified atom stereocenters. The molecule has 1 aliphatic rings. The third kappa shape index (κ3) is 12.0. The summed E-state index contributed by atoms with van der Waals surface area (Å²) in [5, 5.41) is 12.2. The SMILES string of the molecule is COC(=O)c1ccc(COc2ccc(CC(NC(=O)OC(C)(C)C)C(=O)CC(O)C(N)=O)cc2)cc1.c1ccc2c(c1)CCCC2. The highest BCUT2D eigenvalue weighted by Crippen LogP contribution is 2.20. The number of fused-ring (bicyclic) bond motifs is 1. The number of methoxy groups -OCH3 is 1. The van der Waals surface area contributed by atoms with Gasteiger partial charge in [0.05, 0.1) is 18.7 Å². The third-order valence-electron chi connectivity index (χ3n) is 7.21. The molecule has 0 bridgehead atoms. The van der Waals surface area contributed by atoms with Gasteiger partial charge in [-0.15, -0.1) is 0 Å². The van der Waals surface area contributed by atoms with Crippen LogP contribution in [0.2, 0.25) is 0 Å². The molecule has 1 aliphatic carbocycles. The summed E-state index contributed by atoms with van der Waals surface area (Å²) in [5.74, 6) is -1.44. The molecule has 246 valence electrons. The van der Waals surface area contributed by atoms with Crippen molar-refractivity contribution in [2.75, 3.05) is 7.11 Å². The molecule has 0 heterocycles. The van der Waals surface area contributed by atoms with Crippen molar-refractivity contribution in [3.63, 3.8) is 0 Å². The number of benzene rings is 3. The molecule has 0 aliphatic heterocycles. The van der Waals surface area contributed by atoms with Crippen LogP contribution in [0.4, 0.5) is 4.79 Å². The number of aryl methyl sites for hydroxylation is 2. The molecule has 0 radical (unpaired) electrons. The molecule has 0 saturated carbocycles. The first-order valence-corrected chi connectivity index (χ1v) is 15.3. The van der Waals surface area contributed by atoms with Gasteiger partial charge in [0.1, 0.15) is 24.1 Å². The number of carbonyl (C=O) groups excluding carboxylic acids is 4. The second kappa shape index (κ2) is 17.1. The Morgan fingerprint density at radius 1 is 0.870 bits per heavy atom. The molecule has 10 heteroatoms. The van der Waals surface area contributed by atoms with E-state index in [4.69, 9.17) is 15.2 Å². The van der Waals surface area contributed by atoms with Crippen molar-refractivity contribution in [2.45, 2.75) is 83.6 Å². The fourth-order valence-corrected chi connectivity index (χ4v) is 4.78. The summed E-state index contributed by atoms with van der Waals surface area (Å²) in [7, 11) is 1.32. The van der Waals surface area contributed by atoms with E-state index >= 15 is 0 Å². The summed E-state index contributed by atoms with van der Waals surface area (Å²) in [6.45, 7) is 5.33. The number of carbonyl (C=O) groups is 4. The first-order chi connectivity index (χ1) is 21.8. The van der Waals surface area contributed by atoms with Crippen molar-refractivity contribution >= 4 is 23.8 Å². The van der Waals surface area contributed by atoms with Crippen molar-refractivity contribution in [1.29, 1.82) is 0 Å². The summed E-state index contributed by atoms with van der Waals surface area (Å²) in [6, 6.07) is 21.5. The predicted octanol–water partition coefficient (Wildman–Crippen LogP) is 4.86. The van der Waals surface area contributed by atoms with Crippen LogP contribution in [0.15, 0.2) is 72.8 Å². The molecule has 3 aromatic rings. The number of esters is 1. The number of nitrogens with one attached hydrogen (secondary N) is 1. The maximum Gasteiger partial charge on any atom is 0.408 e. The van der Waals surface area contributed by atoms with Gasteiger partial charge in [-0.25, -0.2) is 9.59 Å². The predicted molar refractivity (Wildman–Crippen MR) is 173 cm³/mol. The number of hydrogen-bond donors (Lipinski definition) is 3. The minimum absolute atomic E-state index is 0.0961. The Hall–Kier alpha value is -4.70. The number of aliphatic hydroxyl groups is 1. The Morgan fingerprint density at radius 2 is 1.43 bits per heavy atom. The van der Waals surface area contributed by atoms with Gasteiger partial charge < -0.3 is 30.4 Å². The Bertz CT molecular complexity index is 1440. The molecule has 0 fully saturated rings. The minimum Gasteiger partial charge on any atom is -0.489 e. The largest absolute Gasteiger partial charge is 0.489 e. The average molecular weight is 633 g/mol. The van der Waals surface area contributed by atoms with Crippen LogP contribution >= 0.6 is 0 Å². The highest BCUT2D eigenvalue weighted by atomic mass is 16.6.